The number of fused-ring (bicyclic) bond motifs is 1. The van der Waals surface area contributed by atoms with E-state index in [-0.39, 0.29) is 5.41 Å². The Bertz CT molecular complexity index is 783. The van der Waals surface area contributed by atoms with Crippen molar-refractivity contribution in [3.05, 3.63) is 48.0 Å². The highest BCUT2D eigenvalue weighted by molar-refractivity contribution is 5.87. The third-order valence-electron chi connectivity index (χ3n) is 7.13. The fraction of sp³-hybridized carbons (Fsp3) is 0.522. The Labute approximate surface area is 150 Å². The monoisotopic (exact) mass is 333 g/mol. The first-order valence-electron chi connectivity index (χ1n) is 9.85. The Kier molecular flexibility index (Phi) is 3.45. The second kappa shape index (κ2) is 5.59. The van der Waals surface area contributed by atoms with Crippen LogP contribution in [0.3, 0.4) is 0 Å². The van der Waals surface area contributed by atoms with E-state index in [0.717, 1.165) is 43.6 Å². The van der Waals surface area contributed by atoms with Gasteiger partial charge in [-0.3, -0.25) is 4.79 Å². The minimum Gasteiger partial charge on any atom is -0.341 e. The van der Waals surface area contributed by atoms with E-state index in [2.05, 4.69) is 42.5 Å². The van der Waals surface area contributed by atoms with Gasteiger partial charge < -0.3 is 4.90 Å². The molecule has 4 aliphatic carbocycles. The summed E-state index contributed by atoms with van der Waals surface area (Å²) >= 11 is 0. The van der Waals surface area contributed by atoms with E-state index in [1.165, 1.54) is 35.6 Å². The van der Waals surface area contributed by atoms with Crippen LogP contribution in [0.25, 0.3) is 10.8 Å². The van der Waals surface area contributed by atoms with Crippen LogP contribution in [0, 0.1) is 23.2 Å². The second-order valence-corrected chi connectivity index (χ2v) is 9.00. The lowest BCUT2D eigenvalue weighted by Crippen LogP contribution is -2.53. The lowest BCUT2D eigenvalue weighted by molar-refractivity contribution is -0.156. The maximum atomic E-state index is 13.5. The fourth-order valence-electron chi connectivity index (χ4n) is 6.54. The van der Waals surface area contributed by atoms with Crippen molar-refractivity contribution in [2.45, 2.75) is 45.1 Å². The molecule has 0 unspecified atom stereocenters. The summed E-state index contributed by atoms with van der Waals surface area (Å²) in [6.07, 6.45) is 7.62. The van der Waals surface area contributed by atoms with Gasteiger partial charge in [-0.05, 0) is 72.6 Å². The molecule has 6 rings (SSSR count). The number of carbonyl (C=O) groups excluding carboxylic acids is 1. The van der Waals surface area contributed by atoms with Gasteiger partial charge in [0.15, 0.2) is 0 Å². The lowest BCUT2D eigenvalue weighted by atomic mass is 9.49. The van der Waals surface area contributed by atoms with Crippen molar-refractivity contribution in [2.24, 2.45) is 23.2 Å². The molecule has 2 aromatic carbocycles. The number of nitrogens with zero attached hydrogens (tertiary/aromatic N) is 1. The molecule has 4 fully saturated rings. The molecule has 1 amide bonds. The van der Waals surface area contributed by atoms with Crippen molar-refractivity contribution in [3.63, 3.8) is 0 Å². The van der Waals surface area contributed by atoms with Crippen molar-refractivity contribution < 1.29 is 4.79 Å². The molecule has 0 aliphatic heterocycles. The first kappa shape index (κ1) is 15.4. The number of carbonyl (C=O) groups is 1. The summed E-state index contributed by atoms with van der Waals surface area (Å²) in [6, 6.07) is 14.9. The topological polar surface area (TPSA) is 20.3 Å². The second-order valence-electron chi connectivity index (χ2n) is 9.00. The molecule has 0 heterocycles. The minimum atomic E-state index is -0.0336. The van der Waals surface area contributed by atoms with Crippen LogP contribution in [-0.4, -0.2) is 17.9 Å². The molecule has 2 aromatic rings. The Morgan fingerprint density at radius 2 is 1.56 bits per heavy atom. The number of benzene rings is 2. The van der Waals surface area contributed by atoms with Crippen molar-refractivity contribution in [1.29, 1.82) is 0 Å². The normalized spacial score (nSPS) is 32.9. The van der Waals surface area contributed by atoms with Gasteiger partial charge in [0.2, 0.25) is 5.91 Å². The zero-order valence-corrected chi connectivity index (χ0v) is 15.1. The van der Waals surface area contributed by atoms with Crippen LogP contribution >= 0.6 is 0 Å². The summed E-state index contributed by atoms with van der Waals surface area (Å²) in [5.41, 5.74) is 1.23. The number of amides is 1. The molecular weight excluding hydrogens is 306 g/mol. The van der Waals surface area contributed by atoms with Crippen LogP contribution in [0.1, 0.15) is 44.1 Å². The zero-order valence-electron chi connectivity index (χ0n) is 15.1. The largest absolute Gasteiger partial charge is 0.341 e. The quantitative estimate of drug-likeness (QED) is 0.773. The summed E-state index contributed by atoms with van der Waals surface area (Å²) < 4.78 is 0. The molecule has 0 N–H and O–H groups in total. The van der Waals surface area contributed by atoms with E-state index in [9.17, 15) is 4.79 Å². The molecule has 4 bridgehead atoms. The summed E-state index contributed by atoms with van der Waals surface area (Å²) in [6.45, 7) is 0.724. The first-order valence-corrected chi connectivity index (χ1v) is 9.85. The number of hydrogen-bond acceptors (Lipinski definition) is 1. The molecule has 4 aliphatic rings. The van der Waals surface area contributed by atoms with Crippen molar-refractivity contribution in [3.8, 4) is 0 Å². The number of rotatable bonds is 3. The van der Waals surface area contributed by atoms with Crippen LogP contribution in [0.5, 0.6) is 0 Å². The minimum absolute atomic E-state index is 0.0336. The van der Waals surface area contributed by atoms with Gasteiger partial charge in [0.1, 0.15) is 0 Å². The van der Waals surface area contributed by atoms with Gasteiger partial charge in [0.25, 0.3) is 0 Å². The van der Waals surface area contributed by atoms with Gasteiger partial charge >= 0.3 is 0 Å². The van der Waals surface area contributed by atoms with Crippen molar-refractivity contribution in [2.75, 3.05) is 7.05 Å². The molecule has 0 saturated heterocycles. The lowest BCUT2D eigenvalue weighted by Gasteiger charge is -2.56. The number of hydrogen-bond donors (Lipinski definition) is 0. The van der Waals surface area contributed by atoms with Crippen LogP contribution in [0.15, 0.2) is 42.5 Å². The Morgan fingerprint density at radius 3 is 2.24 bits per heavy atom. The summed E-state index contributed by atoms with van der Waals surface area (Å²) in [7, 11) is 2.02. The Morgan fingerprint density at radius 1 is 0.960 bits per heavy atom. The van der Waals surface area contributed by atoms with Crippen LogP contribution in [-0.2, 0) is 11.3 Å². The van der Waals surface area contributed by atoms with E-state index in [1.807, 2.05) is 11.9 Å². The first-order chi connectivity index (χ1) is 12.1. The fourth-order valence-corrected chi connectivity index (χ4v) is 6.54. The summed E-state index contributed by atoms with van der Waals surface area (Å²) in [5.74, 6) is 2.88. The highest BCUT2D eigenvalue weighted by Crippen LogP contribution is 2.60. The predicted octanol–water partition coefficient (Wildman–Crippen LogP) is 5.01. The van der Waals surface area contributed by atoms with Gasteiger partial charge in [-0.1, -0.05) is 42.5 Å². The Hall–Kier alpha value is -1.83. The van der Waals surface area contributed by atoms with Crippen molar-refractivity contribution >= 4 is 16.7 Å². The molecule has 2 heteroatoms. The van der Waals surface area contributed by atoms with E-state index < -0.39 is 0 Å². The highest BCUT2D eigenvalue weighted by atomic mass is 16.2. The third kappa shape index (κ3) is 2.49. The van der Waals surface area contributed by atoms with Gasteiger partial charge in [-0.25, -0.2) is 0 Å². The zero-order chi connectivity index (χ0) is 17.0. The molecule has 4 saturated carbocycles. The maximum Gasteiger partial charge on any atom is 0.228 e. The van der Waals surface area contributed by atoms with E-state index >= 15 is 0 Å². The van der Waals surface area contributed by atoms with Gasteiger partial charge in [-0.2, -0.15) is 0 Å². The third-order valence-corrected chi connectivity index (χ3v) is 7.13. The van der Waals surface area contributed by atoms with Crippen molar-refractivity contribution in [1.82, 2.24) is 4.90 Å². The molecule has 2 nitrogen and oxygen atoms in total. The Balaban J connectivity index is 1.41. The summed E-state index contributed by atoms with van der Waals surface area (Å²) in [4.78, 5) is 15.5. The van der Waals surface area contributed by atoms with Gasteiger partial charge in [0.05, 0.1) is 5.41 Å². The SMILES string of the molecule is CN(Cc1cccc2ccccc12)C(=O)C12CC3CC(CC(C3)C1)C2. The molecule has 130 valence electrons. The predicted molar refractivity (Wildman–Crippen MR) is 101 cm³/mol. The molecule has 0 spiro atoms. The standard InChI is InChI=1S/C23H27NO/c1-24(15-20-7-4-6-19-5-2-3-8-21(19)20)22(25)23-12-16-9-17(13-23)11-18(10-16)14-23/h2-8,16-18H,9-15H2,1H3. The molecule has 0 radical (unpaired) electrons. The molecular formula is C23H27NO. The van der Waals surface area contributed by atoms with Gasteiger partial charge in [-0.15, -0.1) is 0 Å². The molecule has 0 atom stereocenters. The highest BCUT2D eigenvalue weighted by Gasteiger charge is 2.55. The van der Waals surface area contributed by atoms with Crippen LogP contribution < -0.4 is 0 Å². The average molecular weight is 333 g/mol. The van der Waals surface area contributed by atoms with E-state index in [4.69, 9.17) is 0 Å². The van der Waals surface area contributed by atoms with Crippen LogP contribution in [0.4, 0.5) is 0 Å². The molecule has 25 heavy (non-hydrogen) atoms. The molecule has 0 aromatic heterocycles. The average Bonchev–Trinajstić information content (AvgIpc) is 2.60. The van der Waals surface area contributed by atoms with Gasteiger partial charge in [0, 0.05) is 13.6 Å². The van der Waals surface area contributed by atoms with E-state index in [1.54, 1.807) is 0 Å². The van der Waals surface area contributed by atoms with E-state index in [0.29, 0.717) is 5.91 Å². The van der Waals surface area contributed by atoms with Crippen LogP contribution in [0.2, 0.25) is 0 Å². The summed E-state index contributed by atoms with van der Waals surface area (Å²) in [5, 5.41) is 2.53. The smallest absolute Gasteiger partial charge is 0.228 e. The maximum absolute atomic E-state index is 13.5.